The molecule has 100 valence electrons. The van der Waals surface area contributed by atoms with E-state index in [4.69, 9.17) is 11.6 Å². The van der Waals surface area contributed by atoms with Crippen molar-refractivity contribution in [1.82, 2.24) is 15.0 Å². The Bertz CT molecular complexity index is 636. The number of hydrogen-bond acceptors (Lipinski definition) is 4. The first-order chi connectivity index (χ1) is 8.90. The van der Waals surface area contributed by atoms with Crippen molar-refractivity contribution in [2.45, 2.75) is 0 Å². The predicted molar refractivity (Wildman–Crippen MR) is 72.2 cm³/mol. The van der Waals surface area contributed by atoms with Crippen LogP contribution in [-0.4, -0.2) is 29.0 Å². The summed E-state index contributed by atoms with van der Waals surface area (Å²) in [6.07, 6.45) is 0. The molecule has 0 atom stereocenters. The Morgan fingerprint density at radius 3 is 2.47 bits per heavy atom. The van der Waals surface area contributed by atoms with E-state index >= 15 is 0 Å². The van der Waals surface area contributed by atoms with E-state index in [9.17, 15) is 8.78 Å². The van der Waals surface area contributed by atoms with Crippen LogP contribution in [-0.2, 0) is 0 Å². The summed E-state index contributed by atoms with van der Waals surface area (Å²) in [4.78, 5) is 13.2. The summed E-state index contributed by atoms with van der Waals surface area (Å²) in [6, 6.07) is 2.39. The average Bonchev–Trinajstić information content (AvgIpc) is 2.34. The highest BCUT2D eigenvalue weighted by Crippen LogP contribution is 2.29. The van der Waals surface area contributed by atoms with Gasteiger partial charge in [-0.15, -0.1) is 0 Å². The smallest absolute Gasteiger partial charge is 0.229 e. The minimum absolute atomic E-state index is 0.117. The quantitative estimate of drug-likeness (QED) is 0.780. The number of nitrogens with zero attached hydrogens (tertiary/aromatic N) is 4. The van der Waals surface area contributed by atoms with Crippen molar-refractivity contribution in [3.63, 3.8) is 0 Å². The van der Waals surface area contributed by atoms with Gasteiger partial charge in [0.25, 0.3) is 0 Å². The van der Waals surface area contributed by atoms with Gasteiger partial charge in [-0.25, -0.2) is 8.78 Å². The molecule has 4 nitrogen and oxygen atoms in total. The maximum atomic E-state index is 14.0. The Kier molecular flexibility index (Phi) is 3.96. The lowest BCUT2D eigenvalue weighted by Gasteiger charge is -2.12. The molecule has 0 spiro atoms. The van der Waals surface area contributed by atoms with Gasteiger partial charge in [-0.05, 0) is 39.7 Å². The normalized spacial score (nSPS) is 10.6. The largest absolute Gasteiger partial charge is 0.347 e. The third-order valence-corrected chi connectivity index (χ3v) is 3.05. The molecule has 0 saturated heterocycles. The molecule has 0 amide bonds. The zero-order valence-corrected chi connectivity index (χ0v) is 12.3. The first-order valence-corrected chi connectivity index (χ1v) is 6.30. The van der Waals surface area contributed by atoms with Crippen molar-refractivity contribution in [2.75, 3.05) is 19.0 Å². The van der Waals surface area contributed by atoms with Crippen LogP contribution < -0.4 is 4.90 Å². The SMILES string of the molecule is CN(C)c1nc(Cl)nc(-c2c(F)ccc(Br)c2F)n1. The number of rotatable bonds is 2. The second-order valence-corrected chi connectivity index (χ2v) is 5.03. The minimum atomic E-state index is -0.785. The van der Waals surface area contributed by atoms with Crippen LogP contribution in [0.1, 0.15) is 0 Å². The van der Waals surface area contributed by atoms with Crippen LogP contribution in [0, 0.1) is 11.6 Å². The second-order valence-electron chi connectivity index (χ2n) is 3.84. The summed E-state index contributed by atoms with van der Waals surface area (Å²) in [7, 11) is 3.37. The molecule has 0 aliphatic heterocycles. The van der Waals surface area contributed by atoms with Crippen molar-refractivity contribution in [3.8, 4) is 11.4 Å². The molecule has 2 aromatic rings. The van der Waals surface area contributed by atoms with Gasteiger partial charge in [-0.3, -0.25) is 0 Å². The molecule has 0 fully saturated rings. The van der Waals surface area contributed by atoms with Crippen molar-refractivity contribution in [1.29, 1.82) is 0 Å². The molecule has 1 heterocycles. The van der Waals surface area contributed by atoms with Crippen LogP contribution in [0.3, 0.4) is 0 Å². The van der Waals surface area contributed by atoms with Gasteiger partial charge in [0, 0.05) is 14.1 Å². The highest BCUT2D eigenvalue weighted by molar-refractivity contribution is 9.10. The summed E-state index contributed by atoms with van der Waals surface area (Å²) >= 11 is 8.73. The molecule has 0 radical (unpaired) electrons. The molecule has 0 N–H and O–H groups in total. The molecule has 0 bridgehead atoms. The summed E-state index contributed by atoms with van der Waals surface area (Å²) in [5, 5.41) is -0.132. The van der Waals surface area contributed by atoms with E-state index in [1.165, 1.54) is 6.07 Å². The number of halogens is 4. The van der Waals surface area contributed by atoms with Gasteiger partial charge in [0.2, 0.25) is 11.2 Å². The fourth-order valence-corrected chi connectivity index (χ4v) is 1.87. The summed E-state index contributed by atoms with van der Waals surface area (Å²) in [6.45, 7) is 0. The van der Waals surface area contributed by atoms with Crippen molar-refractivity contribution < 1.29 is 8.78 Å². The van der Waals surface area contributed by atoms with Crippen molar-refractivity contribution in [2.24, 2.45) is 0 Å². The molecule has 8 heteroatoms. The first-order valence-electron chi connectivity index (χ1n) is 5.13. The highest BCUT2D eigenvalue weighted by Gasteiger charge is 2.19. The van der Waals surface area contributed by atoms with Gasteiger partial charge >= 0.3 is 0 Å². The molecule has 0 unspecified atom stereocenters. The van der Waals surface area contributed by atoms with Gasteiger partial charge in [-0.1, -0.05) is 0 Å². The lowest BCUT2D eigenvalue weighted by atomic mass is 10.2. The zero-order valence-electron chi connectivity index (χ0n) is 9.96. The van der Waals surface area contributed by atoms with E-state index < -0.39 is 11.6 Å². The molecule has 0 saturated carbocycles. The number of aromatic nitrogens is 3. The second kappa shape index (κ2) is 5.34. The van der Waals surface area contributed by atoms with Gasteiger partial charge in [0.05, 0.1) is 10.0 Å². The molecular weight excluding hydrogens is 342 g/mol. The Labute approximate surface area is 121 Å². The van der Waals surface area contributed by atoms with E-state index in [1.807, 2.05) is 0 Å². The molecule has 1 aromatic carbocycles. The van der Waals surface area contributed by atoms with E-state index in [0.717, 1.165) is 6.07 Å². The van der Waals surface area contributed by atoms with E-state index in [2.05, 4.69) is 30.9 Å². The van der Waals surface area contributed by atoms with Crippen LogP contribution in [0.25, 0.3) is 11.4 Å². The molecule has 2 rings (SSSR count). The molecular formula is C11H8BrClF2N4. The van der Waals surface area contributed by atoms with Crippen LogP contribution in [0.5, 0.6) is 0 Å². The lowest BCUT2D eigenvalue weighted by molar-refractivity contribution is 0.583. The minimum Gasteiger partial charge on any atom is -0.347 e. The molecule has 0 aliphatic carbocycles. The molecule has 19 heavy (non-hydrogen) atoms. The number of hydrogen-bond donors (Lipinski definition) is 0. The van der Waals surface area contributed by atoms with Gasteiger partial charge in [0.15, 0.2) is 11.6 Å². The Morgan fingerprint density at radius 2 is 1.84 bits per heavy atom. The summed E-state index contributed by atoms with van der Waals surface area (Å²) < 4.78 is 27.8. The highest BCUT2D eigenvalue weighted by atomic mass is 79.9. The predicted octanol–water partition coefficient (Wildman–Crippen LogP) is 3.30. The Morgan fingerprint density at radius 1 is 1.16 bits per heavy atom. The van der Waals surface area contributed by atoms with Crippen LogP contribution >= 0.6 is 27.5 Å². The van der Waals surface area contributed by atoms with Crippen molar-refractivity contribution >= 4 is 33.5 Å². The Balaban J connectivity index is 2.69. The van der Waals surface area contributed by atoms with Crippen molar-refractivity contribution in [3.05, 3.63) is 33.5 Å². The fourth-order valence-electron chi connectivity index (χ4n) is 1.38. The van der Waals surface area contributed by atoms with E-state index in [0.29, 0.717) is 0 Å². The zero-order chi connectivity index (χ0) is 14.2. The van der Waals surface area contributed by atoms with Gasteiger partial charge in [-0.2, -0.15) is 15.0 Å². The first kappa shape index (κ1) is 14.1. The maximum absolute atomic E-state index is 14.0. The topological polar surface area (TPSA) is 41.9 Å². The standard InChI is InChI=1S/C11H8BrClF2N4/c1-19(2)11-17-9(16-10(13)18-11)7-6(14)4-3-5(12)8(7)15/h3-4H,1-2H3. The van der Waals surface area contributed by atoms with Crippen LogP contribution in [0.4, 0.5) is 14.7 Å². The summed E-state index contributed by atoms with van der Waals surface area (Å²) in [5.41, 5.74) is -0.346. The van der Waals surface area contributed by atoms with Crippen LogP contribution in [0.2, 0.25) is 5.28 Å². The lowest BCUT2D eigenvalue weighted by Crippen LogP contribution is -2.14. The Hall–Kier alpha value is -1.34. The van der Waals surface area contributed by atoms with E-state index in [-0.39, 0.29) is 27.1 Å². The van der Waals surface area contributed by atoms with E-state index in [1.54, 1.807) is 19.0 Å². The molecule has 0 aliphatic rings. The fraction of sp³-hybridized carbons (Fsp3) is 0.182. The monoisotopic (exact) mass is 348 g/mol. The summed E-state index contributed by atoms with van der Waals surface area (Å²) in [5.74, 6) is -1.49. The van der Waals surface area contributed by atoms with Gasteiger partial charge < -0.3 is 4.90 Å². The van der Waals surface area contributed by atoms with Crippen LogP contribution in [0.15, 0.2) is 16.6 Å². The number of benzene rings is 1. The number of anilines is 1. The van der Waals surface area contributed by atoms with Gasteiger partial charge in [0.1, 0.15) is 5.82 Å². The third-order valence-electron chi connectivity index (χ3n) is 2.26. The maximum Gasteiger partial charge on any atom is 0.229 e. The third kappa shape index (κ3) is 2.82. The average molecular weight is 350 g/mol. The molecule has 1 aromatic heterocycles.